The van der Waals surface area contributed by atoms with Gasteiger partial charge < -0.3 is 9.64 Å². The standard InChI is InChI=1S/C17H29N5O4S/c1-17(2,3)26-16(23)19-27(24,25)22(14-6-5-9-20(4)11-14)15-10-18-21(12-15)13-7-8-13/h10,12-14H,5-9,11H2,1-4H3,(H,19,23). The number of anilines is 1. The van der Waals surface area contributed by atoms with Crippen molar-refractivity contribution in [2.24, 2.45) is 0 Å². The Morgan fingerprint density at radius 1 is 1.33 bits per heavy atom. The maximum Gasteiger partial charge on any atom is 0.422 e. The molecular formula is C17H29N5O4S. The summed E-state index contributed by atoms with van der Waals surface area (Å²) >= 11 is 0. The van der Waals surface area contributed by atoms with Gasteiger partial charge in [-0.3, -0.25) is 4.68 Å². The monoisotopic (exact) mass is 399 g/mol. The minimum absolute atomic E-state index is 0.277. The molecule has 1 aromatic rings. The molecule has 3 rings (SSSR count). The minimum atomic E-state index is -4.13. The molecule has 1 aliphatic heterocycles. The Hall–Kier alpha value is -1.81. The number of likely N-dealkylation sites (tertiary alicyclic amines) is 1. The van der Waals surface area contributed by atoms with E-state index in [0.29, 0.717) is 24.7 Å². The van der Waals surface area contributed by atoms with E-state index in [1.165, 1.54) is 4.31 Å². The smallest absolute Gasteiger partial charge is 0.422 e. The van der Waals surface area contributed by atoms with Crippen molar-refractivity contribution in [3.05, 3.63) is 12.4 Å². The number of amides is 1. The van der Waals surface area contributed by atoms with E-state index in [1.54, 1.807) is 37.8 Å². The molecule has 0 aromatic carbocycles. The molecule has 152 valence electrons. The largest absolute Gasteiger partial charge is 0.443 e. The van der Waals surface area contributed by atoms with Gasteiger partial charge in [0.15, 0.2) is 0 Å². The SMILES string of the molecule is CN1CCCC(N(c2cnn(C3CC3)c2)S(=O)(=O)NC(=O)OC(C)(C)C)C1. The van der Waals surface area contributed by atoms with Crippen LogP contribution in [0.4, 0.5) is 10.5 Å². The Labute approximate surface area is 160 Å². The summed E-state index contributed by atoms with van der Waals surface area (Å²) in [6.45, 7) is 6.57. The fourth-order valence-electron chi connectivity index (χ4n) is 3.31. The Morgan fingerprint density at radius 2 is 2.04 bits per heavy atom. The highest BCUT2D eigenvalue weighted by molar-refractivity contribution is 7.91. The summed E-state index contributed by atoms with van der Waals surface area (Å²) in [5.74, 6) is 0. The molecular weight excluding hydrogens is 370 g/mol. The lowest BCUT2D eigenvalue weighted by atomic mass is 10.1. The molecule has 10 heteroatoms. The Kier molecular flexibility index (Phi) is 5.40. The zero-order valence-electron chi connectivity index (χ0n) is 16.4. The molecule has 27 heavy (non-hydrogen) atoms. The quantitative estimate of drug-likeness (QED) is 0.812. The first-order valence-corrected chi connectivity index (χ1v) is 10.8. The van der Waals surface area contributed by atoms with Crippen LogP contribution in [-0.2, 0) is 14.9 Å². The first kappa shape index (κ1) is 19.9. The molecule has 2 heterocycles. The van der Waals surface area contributed by atoms with Gasteiger partial charge in [-0.05, 0) is 60.0 Å². The lowest BCUT2D eigenvalue weighted by Gasteiger charge is -2.37. The van der Waals surface area contributed by atoms with Crippen LogP contribution >= 0.6 is 0 Å². The Morgan fingerprint density at radius 3 is 2.63 bits per heavy atom. The number of piperidine rings is 1. The van der Waals surface area contributed by atoms with Crippen molar-refractivity contribution in [3.8, 4) is 0 Å². The van der Waals surface area contributed by atoms with E-state index in [2.05, 4.69) is 14.7 Å². The van der Waals surface area contributed by atoms with Crippen molar-refractivity contribution in [1.82, 2.24) is 19.4 Å². The summed E-state index contributed by atoms with van der Waals surface area (Å²) in [6.07, 6.45) is 6.03. The summed E-state index contributed by atoms with van der Waals surface area (Å²) in [4.78, 5) is 14.2. The molecule has 0 spiro atoms. The van der Waals surface area contributed by atoms with Crippen LogP contribution in [0.1, 0.15) is 52.5 Å². The molecule has 9 nitrogen and oxygen atoms in total. The van der Waals surface area contributed by atoms with Crippen LogP contribution in [0, 0.1) is 0 Å². The van der Waals surface area contributed by atoms with Gasteiger partial charge in [0.05, 0.1) is 24.0 Å². The molecule has 1 saturated carbocycles. The summed E-state index contributed by atoms with van der Waals surface area (Å²) in [6, 6.07) is 0.0664. The van der Waals surface area contributed by atoms with Crippen molar-refractivity contribution in [3.63, 3.8) is 0 Å². The van der Waals surface area contributed by atoms with Gasteiger partial charge in [0, 0.05) is 12.7 Å². The van der Waals surface area contributed by atoms with Crippen molar-refractivity contribution < 1.29 is 17.9 Å². The van der Waals surface area contributed by atoms with Gasteiger partial charge in [0.25, 0.3) is 0 Å². The van der Waals surface area contributed by atoms with Crippen LogP contribution in [0.3, 0.4) is 0 Å². The van der Waals surface area contributed by atoms with Gasteiger partial charge in [-0.2, -0.15) is 13.5 Å². The van der Waals surface area contributed by atoms with E-state index in [4.69, 9.17) is 4.74 Å². The highest BCUT2D eigenvalue weighted by Crippen LogP contribution is 2.36. The average molecular weight is 400 g/mol. The zero-order valence-corrected chi connectivity index (χ0v) is 17.2. The average Bonchev–Trinajstić information content (AvgIpc) is 3.24. The number of carbonyl (C=O) groups excluding carboxylic acids is 1. The third-order valence-corrected chi connectivity index (χ3v) is 6.02. The van der Waals surface area contributed by atoms with Crippen LogP contribution in [-0.4, -0.2) is 61.0 Å². The van der Waals surface area contributed by atoms with Crippen LogP contribution in [0.15, 0.2) is 12.4 Å². The Balaban J connectivity index is 1.86. The summed E-state index contributed by atoms with van der Waals surface area (Å²) < 4.78 is 36.5. The van der Waals surface area contributed by atoms with E-state index in [0.717, 1.165) is 25.8 Å². The molecule has 2 aliphatic rings. The number of nitrogens with one attached hydrogen (secondary N) is 1. The molecule has 2 fully saturated rings. The fourth-order valence-corrected chi connectivity index (χ4v) is 4.60. The minimum Gasteiger partial charge on any atom is -0.443 e. The van der Waals surface area contributed by atoms with Crippen LogP contribution in [0.25, 0.3) is 0 Å². The number of ether oxygens (including phenoxy) is 1. The second-order valence-electron chi connectivity index (χ2n) is 8.37. The summed E-state index contributed by atoms with van der Waals surface area (Å²) in [5, 5.41) is 4.32. The highest BCUT2D eigenvalue weighted by Gasteiger charge is 2.36. The second-order valence-corrected chi connectivity index (χ2v) is 9.92. The molecule has 1 aliphatic carbocycles. The van der Waals surface area contributed by atoms with Gasteiger partial charge in [-0.25, -0.2) is 13.8 Å². The maximum atomic E-state index is 13.1. The fraction of sp³-hybridized carbons (Fsp3) is 0.765. The summed E-state index contributed by atoms with van der Waals surface area (Å²) in [7, 11) is -2.17. The zero-order chi connectivity index (χ0) is 19.8. The molecule has 0 radical (unpaired) electrons. The summed E-state index contributed by atoms with van der Waals surface area (Å²) in [5.41, 5.74) is -0.315. The number of hydrogen-bond acceptors (Lipinski definition) is 6. The third kappa shape index (κ3) is 5.13. The first-order valence-electron chi connectivity index (χ1n) is 9.33. The number of likely N-dealkylation sites (N-methyl/N-ethyl adjacent to an activating group) is 1. The number of hydrogen-bond donors (Lipinski definition) is 1. The molecule has 0 bridgehead atoms. The van der Waals surface area contributed by atoms with E-state index in [1.807, 2.05) is 7.05 Å². The number of carbonyl (C=O) groups is 1. The molecule has 1 unspecified atom stereocenters. The number of aromatic nitrogens is 2. The van der Waals surface area contributed by atoms with Gasteiger partial charge in [0.1, 0.15) is 5.60 Å². The van der Waals surface area contributed by atoms with Crippen LogP contribution < -0.4 is 9.03 Å². The molecule has 1 saturated heterocycles. The van der Waals surface area contributed by atoms with Gasteiger partial charge in [0.2, 0.25) is 0 Å². The van der Waals surface area contributed by atoms with Crippen molar-refractivity contribution in [2.75, 3.05) is 24.4 Å². The normalized spacial score (nSPS) is 21.7. The molecule has 1 aromatic heterocycles. The number of rotatable bonds is 5. The van der Waals surface area contributed by atoms with Crippen molar-refractivity contribution >= 4 is 22.0 Å². The van der Waals surface area contributed by atoms with Gasteiger partial charge >= 0.3 is 16.3 Å². The highest BCUT2D eigenvalue weighted by atomic mass is 32.2. The van der Waals surface area contributed by atoms with E-state index >= 15 is 0 Å². The Bertz CT molecular complexity index is 781. The predicted octanol–water partition coefficient (Wildman–Crippen LogP) is 1.89. The molecule has 1 amide bonds. The number of nitrogens with zero attached hydrogens (tertiary/aromatic N) is 4. The van der Waals surface area contributed by atoms with Gasteiger partial charge in [-0.15, -0.1) is 0 Å². The maximum absolute atomic E-state index is 13.1. The molecule has 1 N–H and O–H groups in total. The second kappa shape index (κ2) is 7.31. The van der Waals surface area contributed by atoms with E-state index < -0.39 is 21.9 Å². The topological polar surface area (TPSA) is 96.8 Å². The lowest BCUT2D eigenvalue weighted by molar-refractivity contribution is 0.0570. The van der Waals surface area contributed by atoms with E-state index in [-0.39, 0.29) is 6.04 Å². The third-order valence-electron chi connectivity index (χ3n) is 4.56. The lowest BCUT2D eigenvalue weighted by Crippen LogP contribution is -2.54. The molecule has 1 atom stereocenters. The van der Waals surface area contributed by atoms with E-state index in [9.17, 15) is 13.2 Å². The van der Waals surface area contributed by atoms with Crippen LogP contribution in [0.2, 0.25) is 0 Å². The van der Waals surface area contributed by atoms with Gasteiger partial charge in [-0.1, -0.05) is 0 Å². The van der Waals surface area contributed by atoms with Crippen molar-refractivity contribution in [2.45, 2.75) is 64.1 Å². The van der Waals surface area contributed by atoms with Crippen LogP contribution in [0.5, 0.6) is 0 Å². The predicted molar refractivity (Wildman–Crippen MR) is 102 cm³/mol. The van der Waals surface area contributed by atoms with Crippen molar-refractivity contribution in [1.29, 1.82) is 0 Å². The first-order chi connectivity index (χ1) is 12.5.